The monoisotopic (exact) mass is 298 g/mol. The number of amides is 1. The lowest BCUT2D eigenvalue weighted by Gasteiger charge is -2.20. The molecule has 116 valence electrons. The maximum atomic E-state index is 12.1. The van der Waals surface area contributed by atoms with Crippen molar-refractivity contribution in [2.45, 2.75) is 39.8 Å². The summed E-state index contributed by atoms with van der Waals surface area (Å²) in [6.07, 6.45) is 1.40. The lowest BCUT2D eigenvalue weighted by molar-refractivity contribution is 0.0914. The van der Waals surface area contributed by atoms with Crippen LogP contribution >= 0.6 is 0 Å². The molecule has 0 atom stereocenters. The number of benzene rings is 1. The number of nitrogens with zero attached hydrogens (tertiary/aromatic N) is 2. The minimum Gasteiger partial charge on any atom is -0.366 e. The molecular weight excluding hydrogens is 276 g/mol. The van der Waals surface area contributed by atoms with Gasteiger partial charge in [0.25, 0.3) is 5.91 Å². The van der Waals surface area contributed by atoms with Crippen molar-refractivity contribution in [1.82, 2.24) is 15.3 Å². The molecule has 0 spiro atoms. The molecule has 1 heterocycles. The molecule has 2 N–H and O–H groups in total. The average molecular weight is 298 g/mol. The van der Waals surface area contributed by atoms with Gasteiger partial charge in [-0.3, -0.25) is 4.79 Å². The third-order valence-electron chi connectivity index (χ3n) is 2.98. The summed E-state index contributed by atoms with van der Waals surface area (Å²) < 4.78 is 0. The first-order valence-corrected chi connectivity index (χ1v) is 7.27. The SMILES string of the molecule is Cc1ccc(CNc2cc(C(=O)NC(C)(C)C)ncn2)cc1. The van der Waals surface area contributed by atoms with Gasteiger partial charge in [-0.25, -0.2) is 9.97 Å². The summed E-state index contributed by atoms with van der Waals surface area (Å²) in [5.74, 6) is 0.433. The van der Waals surface area contributed by atoms with Crippen molar-refractivity contribution in [2.75, 3.05) is 5.32 Å². The third kappa shape index (κ3) is 4.84. The first-order valence-electron chi connectivity index (χ1n) is 7.27. The fourth-order valence-electron chi connectivity index (χ4n) is 1.88. The van der Waals surface area contributed by atoms with E-state index in [1.54, 1.807) is 6.07 Å². The minimum atomic E-state index is -0.294. The van der Waals surface area contributed by atoms with Crippen molar-refractivity contribution in [3.8, 4) is 0 Å². The molecule has 2 aromatic rings. The predicted octanol–water partition coefficient (Wildman–Crippen LogP) is 2.93. The van der Waals surface area contributed by atoms with Crippen molar-refractivity contribution >= 4 is 11.7 Å². The fourth-order valence-corrected chi connectivity index (χ4v) is 1.88. The molecule has 2 rings (SSSR count). The molecule has 0 aliphatic carbocycles. The van der Waals surface area contributed by atoms with Gasteiger partial charge in [0.1, 0.15) is 17.8 Å². The Morgan fingerprint density at radius 2 is 1.82 bits per heavy atom. The molecule has 1 aromatic heterocycles. The number of carbonyl (C=O) groups is 1. The van der Waals surface area contributed by atoms with E-state index in [1.165, 1.54) is 11.9 Å². The van der Waals surface area contributed by atoms with E-state index >= 15 is 0 Å². The van der Waals surface area contributed by atoms with Crippen LogP contribution in [0.15, 0.2) is 36.7 Å². The van der Waals surface area contributed by atoms with Crippen LogP contribution in [-0.2, 0) is 6.54 Å². The van der Waals surface area contributed by atoms with Gasteiger partial charge in [0.05, 0.1) is 0 Å². The predicted molar refractivity (Wildman–Crippen MR) is 87.8 cm³/mol. The summed E-state index contributed by atoms with van der Waals surface area (Å²) >= 11 is 0. The van der Waals surface area contributed by atoms with E-state index in [0.717, 1.165) is 5.56 Å². The molecule has 1 aromatic carbocycles. The van der Waals surface area contributed by atoms with Gasteiger partial charge < -0.3 is 10.6 Å². The molecule has 5 nitrogen and oxygen atoms in total. The van der Waals surface area contributed by atoms with Gasteiger partial charge in [0, 0.05) is 18.2 Å². The van der Waals surface area contributed by atoms with Crippen LogP contribution < -0.4 is 10.6 Å². The van der Waals surface area contributed by atoms with E-state index in [2.05, 4.69) is 51.8 Å². The van der Waals surface area contributed by atoms with Crippen molar-refractivity contribution in [3.63, 3.8) is 0 Å². The third-order valence-corrected chi connectivity index (χ3v) is 2.98. The molecule has 0 saturated carbocycles. The van der Waals surface area contributed by atoms with Gasteiger partial charge >= 0.3 is 0 Å². The number of aryl methyl sites for hydroxylation is 1. The van der Waals surface area contributed by atoms with Crippen LogP contribution in [0.5, 0.6) is 0 Å². The number of anilines is 1. The average Bonchev–Trinajstić information content (AvgIpc) is 2.45. The van der Waals surface area contributed by atoms with Gasteiger partial charge in [-0.05, 0) is 33.3 Å². The van der Waals surface area contributed by atoms with Crippen molar-refractivity contribution in [3.05, 3.63) is 53.5 Å². The normalized spacial score (nSPS) is 11.1. The summed E-state index contributed by atoms with van der Waals surface area (Å²) in [5, 5.41) is 6.09. The molecule has 0 unspecified atom stereocenters. The Kier molecular flexibility index (Phi) is 4.75. The summed E-state index contributed by atoms with van der Waals surface area (Å²) in [6.45, 7) is 8.51. The van der Waals surface area contributed by atoms with Crippen LogP contribution in [0.4, 0.5) is 5.82 Å². The van der Waals surface area contributed by atoms with Gasteiger partial charge in [0.15, 0.2) is 0 Å². The molecule has 5 heteroatoms. The van der Waals surface area contributed by atoms with Crippen LogP contribution in [0.2, 0.25) is 0 Å². The lowest BCUT2D eigenvalue weighted by atomic mass is 10.1. The molecule has 0 radical (unpaired) electrons. The van der Waals surface area contributed by atoms with E-state index < -0.39 is 0 Å². The molecular formula is C17H22N4O. The van der Waals surface area contributed by atoms with Gasteiger partial charge in [-0.15, -0.1) is 0 Å². The Bertz CT molecular complexity index is 644. The van der Waals surface area contributed by atoms with Crippen LogP contribution in [0.25, 0.3) is 0 Å². The van der Waals surface area contributed by atoms with Crippen LogP contribution in [-0.4, -0.2) is 21.4 Å². The largest absolute Gasteiger partial charge is 0.366 e. The van der Waals surface area contributed by atoms with E-state index in [-0.39, 0.29) is 11.4 Å². The Hall–Kier alpha value is -2.43. The van der Waals surface area contributed by atoms with Gasteiger partial charge in [-0.2, -0.15) is 0 Å². The summed E-state index contributed by atoms with van der Waals surface area (Å²) in [4.78, 5) is 20.3. The van der Waals surface area contributed by atoms with Crippen molar-refractivity contribution in [2.24, 2.45) is 0 Å². The highest BCUT2D eigenvalue weighted by molar-refractivity contribution is 5.93. The standard InChI is InChI=1S/C17H22N4O/c1-12-5-7-13(8-6-12)10-18-15-9-14(19-11-20-15)16(22)21-17(2,3)4/h5-9,11H,10H2,1-4H3,(H,21,22)(H,18,19,20). The maximum absolute atomic E-state index is 12.1. The van der Waals surface area contributed by atoms with Gasteiger partial charge in [-0.1, -0.05) is 29.8 Å². The van der Waals surface area contributed by atoms with Gasteiger partial charge in [0.2, 0.25) is 0 Å². The zero-order valence-corrected chi connectivity index (χ0v) is 13.5. The maximum Gasteiger partial charge on any atom is 0.270 e. The number of carbonyl (C=O) groups excluding carboxylic acids is 1. The number of aromatic nitrogens is 2. The number of nitrogens with one attached hydrogen (secondary N) is 2. The smallest absolute Gasteiger partial charge is 0.270 e. The Morgan fingerprint density at radius 3 is 2.45 bits per heavy atom. The van der Waals surface area contributed by atoms with E-state index in [9.17, 15) is 4.79 Å². The summed E-state index contributed by atoms with van der Waals surface area (Å²) in [6, 6.07) is 9.93. The molecule has 0 aliphatic heterocycles. The molecule has 22 heavy (non-hydrogen) atoms. The second-order valence-electron chi connectivity index (χ2n) is 6.33. The molecule has 1 amide bonds. The summed E-state index contributed by atoms with van der Waals surface area (Å²) in [5.41, 5.74) is 2.45. The number of hydrogen-bond donors (Lipinski definition) is 2. The van der Waals surface area contributed by atoms with Crippen molar-refractivity contribution in [1.29, 1.82) is 0 Å². The topological polar surface area (TPSA) is 66.9 Å². The molecule has 0 saturated heterocycles. The number of hydrogen-bond acceptors (Lipinski definition) is 4. The lowest BCUT2D eigenvalue weighted by Crippen LogP contribution is -2.40. The first kappa shape index (κ1) is 15.9. The quantitative estimate of drug-likeness (QED) is 0.910. The highest BCUT2D eigenvalue weighted by Gasteiger charge is 2.16. The molecule has 0 fully saturated rings. The summed E-state index contributed by atoms with van der Waals surface area (Å²) in [7, 11) is 0. The zero-order valence-electron chi connectivity index (χ0n) is 13.5. The highest BCUT2D eigenvalue weighted by Crippen LogP contribution is 2.09. The van der Waals surface area contributed by atoms with E-state index in [4.69, 9.17) is 0 Å². The zero-order chi connectivity index (χ0) is 16.2. The molecule has 0 bridgehead atoms. The molecule has 0 aliphatic rings. The second kappa shape index (κ2) is 6.56. The van der Waals surface area contributed by atoms with Crippen LogP contribution in [0, 0.1) is 6.92 Å². The Morgan fingerprint density at radius 1 is 1.14 bits per heavy atom. The minimum absolute atomic E-state index is 0.201. The van der Waals surface area contributed by atoms with E-state index in [0.29, 0.717) is 18.1 Å². The van der Waals surface area contributed by atoms with Crippen LogP contribution in [0.3, 0.4) is 0 Å². The number of rotatable bonds is 4. The Labute approximate surface area is 131 Å². The second-order valence-corrected chi connectivity index (χ2v) is 6.33. The first-order chi connectivity index (χ1) is 10.3. The van der Waals surface area contributed by atoms with Crippen molar-refractivity contribution < 1.29 is 4.79 Å². The Balaban J connectivity index is 2.02. The highest BCUT2D eigenvalue weighted by atomic mass is 16.2. The van der Waals surface area contributed by atoms with E-state index in [1.807, 2.05) is 20.8 Å². The van der Waals surface area contributed by atoms with Crippen LogP contribution in [0.1, 0.15) is 42.4 Å². The fraction of sp³-hybridized carbons (Fsp3) is 0.353.